The molecule has 0 aliphatic carbocycles. The SMILES string of the molecule is Cc1ccc2cc(C(O)C3CC(C)CCN3)ccc2n1. The molecular weight excluding hydrogens is 248 g/mol. The molecule has 0 amide bonds. The molecule has 1 aliphatic heterocycles. The fourth-order valence-electron chi connectivity index (χ4n) is 3.05. The molecule has 1 aromatic carbocycles. The first-order valence-corrected chi connectivity index (χ1v) is 7.42. The Bertz CT molecular complexity index is 611. The summed E-state index contributed by atoms with van der Waals surface area (Å²) in [5.74, 6) is 0.681. The highest BCUT2D eigenvalue weighted by atomic mass is 16.3. The molecule has 1 aromatic heterocycles. The van der Waals surface area contributed by atoms with Crippen molar-refractivity contribution in [3.8, 4) is 0 Å². The topological polar surface area (TPSA) is 45.1 Å². The zero-order valence-electron chi connectivity index (χ0n) is 12.1. The zero-order valence-corrected chi connectivity index (χ0v) is 12.1. The first-order valence-electron chi connectivity index (χ1n) is 7.42. The van der Waals surface area contributed by atoms with E-state index >= 15 is 0 Å². The normalized spacial score (nSPS) is 24.8. The van der Waals surface area contributed by atoms with E-state index in [-0.39, 0.29) is 6.04 Å². The van der Waals surface area contributed by atoms with Crippen LogP contribution in [0.25, 0.3) is 10.9 Å². The van der Waals surface area contributed by atoms with Gasteiger partial charge in [-0.15, -0.1) is 0 Å². The predicted molar refractivity (Wildman–Crippen MR) is 81.6 cm³/mol. The summed E-state index contributed by atoms with van der Waals surface area (Å²) in [5, 5.41) is 15.1. The minimum atomic E-state index is -0.441. The van der Waals surface area contributed by atoms with Gasteiger partial charge in [-0.2, -0.15) is 0 Å². The molecule has 0 spiro atoms. The minimum Gasteiger partial charge on any atom is -0.387 e. The summed E-state index contributed by atoms with van der Waals surface area (Å²) in [6.45, 7) is 5.25. The predicted octanol–water partition coefficient (Wildman–Crippen LogP) is 2.96. The lowest BCUT2D eigenvalue weighted by Gasteiger charge is -2.32. The second kappa shape index (κ2) is 5.51. The second-order valence-corrected chi connectivity index (χ2v) is 6.04. The fourth-order valence-corrected chi connectivity index (χ4v) is 3.05. The van der Waals surface area contributed by atoms with Gasteiger partial charge in [-0.3, -0.25) is 4.98 Å². The minimum absolute atomic E-state index is 0.162. The van der Waals surface area contributed by atoms with Crippen molar-refractivity contribution in [1.82, 2.24) is 10.3 Å². The smallest absolute Gasteiger partial charge is 0.0943 e. The Morgan fingerprint density at radius 3 is 2.95 bits per heavy atom. The first kappa shape index (κ1) is 13.5. The van der Waals surface area contributed by atoms with Gasteiger partial charge in [0.05, 0.1) is 11.6 Å². The Kier molecular flexibility index (Phi) is 3.72. The highest BCUT2D eigenvalue weighted by Crippen LogP contribution is 2.27. The molecule has 3 rings (SSSR count). The standard InChI is InChI=1S/C17H22N2O/c1-11-7-8-18-16(9-11)17(20)14-5-6-15-13(10-14)4-3-12(2)19-15/h3-6,10-11,16-18,20H,7-9H2,1-2H3. The van der Waals surface area contributed by atoms with Gasteiger partial charge in [0.1, 0.15) is 0 Å². The van der Waals surface area contributed by atoms with Crippen molar-refractivity contribution in [2.24, 2.45) is 5.92 Å². The maximum atomic E-state index is 10.6. The Labute approximate surface area is 120 Å². The second-order valence-electron chi connectivity index (χ2n) is 6.04. The van der Waals surface area contributed by atoms with E-state index < -0.39 is 6.10 Å². The van der Waals surface area contributed by atoms with Crippen molar-refractivity contribution in [3.05, 3.63) is 41.6 Å². The van der Waals surface area contributed by atoms with E-state index in [0.29, 0.717) is 5.92 Å². The van der Waals surface area contributed by atoms with Crippen molar-refractivity contribution in [1.29, 1.82) is 0 Å². The van der Waals surface area contributed by atoms with Crippen LogP contribution in [0.5, 0.6) is 0 Å². The number of aliphatic hydroxyl groups excluding tert-OH is 1. The van der Waals surface area contributed by atoms with Gasteiger partial charge < -0.3 is 10.4 Å². The Morgan fingerprint density at radius 2 is 2.15 bits per heavy atom. The van der Waals surface area contributed by atoms with Crippen molar-refractivity contribution in [2.75, 3.05) is 6.54 Å². The van der Waals surface area contributed by atoms with Gasteiger partial charge in [0.2, 0.25) is 0 Å². The van der Waals surface area contributed by atoms with Crippen LogP contribution in [0.4, 0.5) is 0 Å². The van der Waals surface area contributed by atoms with Crippen LogP contribution in [-0.2, 0) is 0 Å². The number of nitrogens with zero attached hydrogens (tertiary/aromatic N) is 1. The van der Waals surface area contributed by atoms with Gasteiger partial charge >= 0.3 is 0 Å². The molecule has 1 aliphatic rings. The average Bonchev–Trinajstić information content (AvgIpc) is 2.46. The van der Waals surface area contributed by atoms with Gasteiger partial charge in [-0.05, 0) is 56.0 Å². The van der Waals surface area contributed by atoms with Crippen molar-refractivity contribution in [3.63, 3.8) is 0 Å². The van der Waals surface area contributed by atoms with E-state index in [1.165, 1.54) is 6.42 Å². The summed E-state index contributed by atoms with van der Waals surface area (Å²) in [6, 6.07) is 10.3. The number of hydrogen-bond donors (Lipinski definition) is 2. The number of rotatable bonds is 2. The average molecular weight is 270 g/mol. The molecule has 3 atom stereocenters. The van der Waals surface area contributed by atoms with E-state index in [2.05, 4.69) is 29.4 Å². The lowest BCUT2D eigenvalue weighted by atomic mass is 9.88. The number of aliphatic hydroxyl groups is 1. The molecule has 20 heavy (non-hydrogen) atoms. The number of aryl methyl sites for hydroxylation is 1. The number of aromatic nitrogens is 1. The van der Waals surface area contributed by atoms with Crippen molar-refractivity contribution in [2.45, 2.75) is 38.8 Å². The number of nitrogens with one attached hydrogen (secondary N) is 1. The number of benzene rings is 1. The number of hydrogen-bond acceptors (Lipinski definition) is 3. The van der Waals surface area contributed by atoms with Crippen LogP contribution < -0.4 is 5.32 Å². The van der Waals surface area contributed by atoms with Crippen LogP contribution in [0, 0.1) is 12.8 Å². The monoisotopic (exact) mass is 270 g/mol. The fraction of sp³-hybridized carbons (Fsp3) is 0.471. The summed E-state index contributed by atoms with van der Waals surface area (Å²) in [4.78, 5) is 4.50. The van der Waals surface area contributed by atoms with E-state index in [0.717, 1.165) is 35.1 Å². The number of piperidine rings is 1. The van der Waals surface area contributed by atoms with Crippen LogP contribution in [0.2, 0.25) is 0 Å². The van der Waals surface area contributed by atoms with Crippen LogP contribution in [0.3, 0.4) is 0 Å². The molecule has 2 aromatic rings. The summed E-state index contributed by atoms with van der Waals surface area (Å²) in [7, 11) is 0. The lowest BCUT2D eigenvalue weighted by Crippen LogP contribution is -2.41. The highest BCUT2D eigenvalue weighted by Gasteiger charge is 2.25. The molecule has 2 heterocycles. The molecule has 0 bridgehead atoms. The summed E-state index contributed by atoms with van der Waals surface area (Å²) in [5.41, 5.74) is 2.99. The maximum absolute atomic E-state index is 10.6. The number of fused-ring (bicyclic) bond motifs is 1. The molecule has 3 nitrogen and oxygen atoms in total. The zero-order chi connectivity index (χ0) is 14.1. The van der Waals surface area contributed by atoms with Gasteiger partial charge in [-0.25, -0.2) is 0 Å². The van der Waals surface area contributed by atoms with E-state index in [1.54, 1.807) is 0 Å². The molecule has 0 saturated carbocycles. The van der Waals surface area contributed by atoms with Crippen LogP contribution >= 0.6 is 0 Å². The Hall–Kier alpha value is -1.45. The third kappa shape index (κ3) is 2.69. The summed E-state index contributed by atoms with van der Waals surface area (Å²) in [6.07, 6.45) is 1.79. The third-order valence-electron chi connectivity index (χ3n) is 4.28. The molecule has 106 valence electrons. The van der Waals surface area contributed by atoms with Gasteiger partial charge in [0.15, 0.2) is 0 Å². The first-order chi connectivity index (χ1) is 9.63. The highest BCUT2D eigenvalue weighted by molar-refractivity contribution is 5.79. The van der Waals surface area contributed by atoms with E-state index in [1.807, 2.05) is 25.1 Å². The molecule has 1 fully saturated rings. The van der Waals surface area contributed by atoms with Gasteiger partial charge in [0, 0.05) is 17.1 Å². The number of pyridine rings is 1. The molecule has 3 unspecified atom stereocenters. The third-order valence-corrected chi connectivity index (χ3v) is 4.28. The molecule has 0 radical (unpaired) electrons. The van der Waals surface area contributed by atoms with Crippen molar-refractivity contribution < 1.29 is 5.11 Å². The molecule has 1 saturated heterocycles. The summed E-state index contributed by atoms with van der Waals surface area (Å²) < 4.78 is 0. The van der Waals surface area contributed by atoms with Crippen LogP contribution in [0.1, 0.15) is 37.1 Å². The van der Waals surface area contributed by atoms with Crippen molar-refractivity contribution >= 4 is 10.9 Å². The van der Waals surface area contributed by atoms with Gasteiger partial charge in [0.25, 0.3) is 0 Å². The largest absolute Gasteiger partial charge is 0.387 e. The molecule has 3 heteroatoms. The Balaban J connectivity index is 1.87. The van der Waals surface area contributed by atoms with E-state index in [9.17, 15) is 5.11 Å². The Morgan fingerprint density at radius 1 is 1.30 bits per heavy atom. The van der Waals surface area contributed by atoms with E-state index in [4.69, 9.17) is 0 Å². The lowest BCUT2D eigenvalue weighted by molar-refractivity contribution is 0.101. The van der Waals surface area contributed by atoms with Crippen LogP contribution in [0.15, 0.2) is 30.3 Å². The quantitative estimate of drug-likeness (QED) is 0.882. The van der Waals surface area contributed by atoms with Gasteiger partial charge in [-0.1, -0.05) is 19.1 Å². The molecule has 2 N–H and O–H groups in total. The summed E-state index contributed by atoms with van der Waals surface area (Å²) >= 11 is 0. The van der Waals surface area contributed by atoms with Crippen LogP contribution in [-0.4, -0.2) is 22.7 Å². The maximum Gasteiger partial charge on any atom is 0.0943 e. The molecular formula is C17H22N2O.